The molecule has 5 heteroatoms. The highest BCUT2D eigenvalue weighted by Gasteiger charge is 2.37. The Bertz CT molecular complexity index is 478. The molecule has 2 atom stereocenters. The van der Waals surface area contributed by atoms with E-state index in [0.29, 0.717) is 22.5 Å². The van der Waals surface area contributed by atoms with E-state index in [1.807, 2.05) is 12.1 Å². The fourth-order valence-corrected chi connectivity index (χ4v) is 4.54. The van der Waals surface area contributed by atoms with Crippen molar-refractivity contribution < 1.29 is 4.79 Å². The first-order valence-electron chi connectivity index (χ1n) is 7.49. The number of thiophene rings is 1. The Hall–Kier alpha value is -0.580. The van der Waals surface area contributed by atoms with E-state index >= 15 is 0 Å². The van der Waals surface area contributed by atoms with Crippen LogP contribution in [0.5, 0.6) is 0 Å². The molecular formula is C15H21ClN2OS. The largest absolute Gasteiger partial charge is 0.335 e. The number of amides is 1. The Morgan fingerprint density at radius 3 is 2.65 bits per heavy atom. The lowest BCUT2D eigenvalue weighted by Crippen LogP contribution is -2.50. The molecule has 0 saturated carbocycles. The zero-order chi connectivity index (χ0) is 14.1. The maximum atomic E-state index is 12.7. The third-order valence-electron chi connectivity index (χ3n) is 4.40. The minimum atomic E-state index is 0.162. The summed E-state index contributed by atoms with van der Waals surface area (Å²) in [5.74, 6) is 0.162. The summed E-state index contributed by atoms with van der Waals surface area (Å²) in [6, 6.07) is 5.28. The highest BCUT2D eigenvalue weighted by molar-refractivity contribution is 7.17. The predicted molar refractivity (Wildman–Crippen MR) is 83.6 cm³/mol. The number of nitrogens with one attached hydrogen (secondary N) is 1. The average molecular weight is 313 g/mol. The second kappa shape index (κ2) is 6.04. The normalized spacial score (nSPS) is 28.6. The monoisotopic (exact) mass is 312 g/mol. The summed E-state index contributed by atoms with van der Waals surface area (Å²) in [5, 5.41) is 3.64. The van der Waals surface area contributed by atoms with E-state index < -0.39 is 0 Å². The van der Waals surface area contributed by atoms with Gasteiger partial charge in [0.15, 0.2) is 0 Å². The topological polar surface area (TPSA) is 32.3 Å². The summed E-state index contributed by atoms with van der Waals surface area (Å²) in [7, 11) is 0. The summed E-state index contributed by atoms with van der Waals surface area (Å²) in [5.41, 5.74) is 0. The first-order valence-corrected chi connectivity index (χ1v) is 8.69. The molecule has 2 aliphatic rings. The van der Waals surface area contributed by atoms with E-state index in [1.165, 1.54) is 24.2 Å². The Morgan fingerprint density at radius 1 is 1.40 bits per heavy atom. The number of rotatable bonds is 4. The van der Waals surface area contributed by atoms with Crippen LogP contribution in [0.1, 0.15) is 48.7 Å². The van der Waals surface area contributed by atoms with Crippen molar-refractivity contribution in [3.63, 3.8) is 0 Å². The maximum Gasteiger partial charge on any atom is 0.264 e. The molecule has 2 unspecified atom stereocenters. The Morgan fingerprint density at radius 2 is 2.10 bits per heavy atom. The fourth-order valence-electron chi connectivity index (χ4n) is 3.54. The Balaban J connectivity index is 1.76. The second-order valence-electron chi connectivity index (χ2n) is 5.87. The molecule has 1 N–H and O–H groups in total. The van der Waals surface area contributed by atoms with Crippen molar-refractivity contribution in [2.45, 2.75) is 57.2 Å². The minimum absolute atomic E-state index is 0.162. The molecule has 0 aromatic carbocycles. The first kappa shape index (κ1) is 14.4. The van der Waals surface area contributed by atoms with Gasteiger partial charge in [-0.25, -0.2) is 0 Å². The quantitative estimate of drug-likeness (QED) is 0.922. The summed E-state index contributed by atoms with van der Waals surface area (Å²) in [4.78, 5) is 15.6. The van der Waals surface area contributed by atoms with Gasteiger partial charge in [0.2, 0.25) is 0 Å². The molecule has 2 bridgehead atoms. The van der Waals surface area contributed by atoms with Gasteiger partial charge < -0.3 is 10.2 Å². The predicted octanol–water partition coefficient (Wildman–Crippen LogP) is 3.54. The van der Waals surface area contributed by atoms with Crippen molar-refractivity contribution >= 4 is 28.8 Å². The van der Waals surface area contributed by atoms with Gasteiger partial charge in [-0.05, 0) is 44.2 Å². The molecule has 1 amide bonds. The van der Waals surface area contributed by atoms with Crippen LogP contribution < -0.4 is 5.32 Å². The lowest BCUT2D eigenvalue weighted by atomic mass is 9.97. The fraction of sp³-hybridized carbons (Fsp3) is 0.667. The Kier molecular flexibility index (Phi) is 4.34. The highest BCUT2D eigenvalue weighted by atomic mass is 35.5. The van der Waals surface area contributed by atoms with Crippen LogP contribution >= 0.6 is 22.9 Å². The third-order valence-corrected chi connectivity index (χ3v) is 5.62. The van der Waals surface area contributed by atoms with Gasteiger partial charge in [0.25, 0.3) is 5.91 Å². The van der Waals surface area contributed by atoms with Gasteiger partial charge in [-0.2, -0.15) is 0 Å². The van der Waals surface area contributed by atoms with Crippen LogP contribution in [0.25, 0.3) is 0 Å². The van der Waals surface area contributed by atoms with Crippen LogP contribution in [0.15, 0.2) is 12.1 Å². The summed E-state index contributed by atoms with van der Waals surface area (Å²) in [6.45, 7) is 2.98. The summed E-state index contributed by atoms with van der Waals surface area (Å²) >= 11 is 7.36. The molecule has 20 heavy (non-hydrogen) atoms. The average Bonchev–Trinajstić information content (AvgIpc) is 3.01. The number of hydrogen-bond acceptors (Lipinski definition) is 3. The number of fused-ring (bicyclic) bond motifs is 2. The summed E-state index contributed by atoms with van der Waals surface area (Å²) in [6.07, 6.45) is 5.73. The van der Waals surface area contributed by atoms with Crippen LogP contribution in [0, 0.1) is 0 Å². The van der Waals surface area contributed by atoms with E-state index in [4.69, 9.17) is 11.6 Å². The van der Waals surface area contributed by atoms with Crippen molar-refractivity contribution in [2.75, 3.05) is 6.54 Å². The summed E-state index contributed by atoms with van der Waals surface area (Å²) < 4.78 is 0.690. The molecule has 0 aliphatic carbocycles. The van der Waals surface area contributed by atoms with Crippen molar-refractivity contribution in [3.05, 3.63) is 21.3 Å². The molecule has 2 fully saturated rings. The molecule has 0 radical (unpaired) electrons. The van der Waals surface area contributed by atoms with Crippen LogP contribution in [-0.4, -0.2) is 35.5 Å². The number of piperidine rings is 1. The lowest BCUT2D eigenvalue weighted by molar-refractivity contribution is 0.0622. The van der Waals surface area contributed by atoms with Crippen LogP contribution in [0.4, 0.5) is 0 Å². The molecule has 3 rings (SSSR count). The van der Waals surface area contributed by atoms with Gasteiger partial charge in [-0.3, -0.25) is 4.79 Å². The van der Waals surface area contributed by atoms with Gasteiger partial charge >= 0.3 is 0 Å². The smallest absolute Gasteiger partial charge is 0.264 e. The number of carbonyl (C=O) groups is 1. The van der Waals surface area contributed by atoms with Crippen LogP contribution in [0.2, 0.25) is 4.34 Å². The van der Waals surface area contributed by atoms with E-state index in [1.54, 1.807) is 0 Å². The molecule has 0 spiro atoms. The molecule has 110 valence electrons. The van der Waals surface area contributed by atoms with Gasteiger partial charge in [-0.1, -0.05) is 18.5 Å². The first-order chi connectivity index (χ1) is 9.67. The van der Waals surface area contributed by atoms with E-state index in [9.17, 15) is 4.79 Å². The van der Waals surface area contributed by atoms with Crippen molar-refractivity contribution in [2.24, 2.45) is 0 Å². The van der Waals surface area contributed by atoms with Crippen LogP contribution in [0.3, 0.4) is 0 Å². The third kappa shape index (κ3) is 2.87. The molecule has 3 nitrogen and oxygen atoms in total. The van der Waals surface area contributed by atoms with Crippen molar-refractivity contribution in [3.8, 4) is 0 Å². The molecule has 2 saturated heterocycles. The number of nitrogens with zero attached hydrogens (tertiary/aromatic N) is 1. The molecule has 3 heterocycles. The molecular weight excluding hydrogens is 292 g/mol. The van der Waals surface area contributed by atoms with Gasteiger partial charge in [-0.15, -0.1) is 11.3 Å². The van der Waals surface area contributed by atoms with E-state index in [2.05, 4.69) is 17.1 Å². The van der Waals surface area contributed by atoms with Gasteiger partial charge in [0.05, 0.1) is 9.21 Å². The lowest BCUT2D eigenvalue weighted by Gasteiger charge is -2.37. The van der Waals surface area contributed by atoms with Gasteiger partial charge in [0.1, 0.15) is 0 Å². The zero-order valence-electron chi connectivity index (χ0n) is 11.8. The SMILES string of the molecule is CCCN(C(=O)c1ccc(Cl)s1)C1CC2CCC(C1)N2. The van der Waals surface area contributed by atoms with Crippen LogP contribution in [-0.2, 0) is 0 Å². The van der Waals surface area contributed by atoms with Crippen molar-refractivity contribution in [1.82, 2.24) is 10.2 Å². The zero-order valence-corrected chi connectivity index (χ0v) is 13.3. The van der Waals surface area contributed by atoms with E-state index in [-0.39, 0.29) is 5.91 Å². The molecule has 2 aliphatic heterocycles. The maximum absolute atomic E-state index is 12.7. The number of hydrogen-bond donors (Lipinski definition) is 1. The number of halogens is 1. The van der Waals surface area contributed by atoms with Gasteiger partial charge in [0, 0.05) is 24.7 Å². The van der Waals surface area contributed by atoms with E-state index in [0.717, 1.165) is 30.7 Å². The minimum Gasteiger partial charge on any atom is -0.335 e. The highest BCUT2D eigenvalue weighted by Crippen LogP contribution is 2.31. The number of carbonyl (C=O) groups excluding carboxylic acids is 1. The van der Waals surface area contributed by atoms with Crippen molar-refractivity contribution in [1.29, 1.82) is 0 Å². The Labute approximate surface area is 129 Å². The molecule has 1 aromatic heterocycles. The second-order valence-corrected chi connectivity index (χ2v) is 7.58. The standard InChI is InChI=1S/C15H21ClN2OS/c1-2-7-18(15(19)13-5-6-14(16)20-13)12-8-10-3-4-11(9-12)17-10/h5-6,10-12,17H,2-4,7-9H2,1H3. The molecule has 1 aromatic rings.